The minimum atomic E-state index is -3.98. The summed E-state index contributed by atoms with van der Waals surface area (Å²) in [6.45, 7) is 2.31. The van der Waals surface area contributed by atoms with Gasteiger partial charge in [-0.1, -0.05) is 0 Å². The van der Waals surface area contributed by atoms with Gasteiger partial charge in [0.2, 0.25) is 5.91 Å². The van der Waals surface area contributed by atoms with Crippen molar-refractivity contribution in [3.05, 3.63) is 0 Å². The quantitative estimate of drug-likeness (QED) is 0.400. The highest BCUT2D eigenvalue weighted by Crippen LogP contribution is 2.32. The molecule has 69 valence electrons. The third-order valence-corrected chi connectivity index (χ3v) is 1.80. The fraction of sp³-hybridized carbons (Fsp3) is 0.800. The Balaban J connectivity index is 3.44. The summed E-state index contributed by atoms with van der Waals surface area (Å²) in [6, 6.07) is -0.343. The zero-order valence-electron chi connectivity index (χ0n) is 6.86. The molecule has 0 aliphatic heterocycles. The van der Waals surface area contributed by atoms with Gasteiger partial charge in [0.05, 0.1) is 0 Å². The maximum Gasteiger partial charge on any atom is 0.317 e. The highest BCUT2D eigenvalue weighted by atomic mass is 31.2. The molecule has 5 nitrogen and oxygen atoms in total. The monoisotopic (exact) mass is 192 g/mol. The van der Waals surface area contributed by atoms with E-state index < -0.39 is 7.60 Å². The van der Waals surface area contributed by atoms with Gasteiger partial charge in [-0.15, -0.1) is 0 Å². The number of rotatable bonds is 5. The molecular weight excluding hydrogens is 180 g/mol. The molecule has 0 rings (SSSR count). The highest BCUT2D eigenvalue weighted by molar-refractivity contribution is 7.53. The second kappa shape index (κ2) is 5.35. The van der Waals surface area contributed by atoms with Gasteiger partial charge in [-0.25, -0.2) is 0 Å². The van der Waals surface area contributed by atoms with Crippen molar-refractivity contribution in [1.29, 1.82) is 0 Å². The van der Waals surface area contributed by atoms with Gasteiger partial charge in [-0.2, -0.15) is 0 Å². The van der Waals surface area contributed by atoms with E-state index in [-0.39, 0.29) is 18.3 Å². The first-order valence-electron chi connectivity index (χ1n) is 3.58. The second-order valence-corrected chi connectivity index (χ2v) is 3.99. The van der Waals surface area contributed by atoms with Crippen molar-refractivity contribution in [3.63, 3.8) is 0 Å². The summed E-state index contributed by atoms with van der Waals surface area (Å²) in [4.78, 5) is 27.6. The number of nitrogens with one attached hydrogen (secondary N) is 1. The average Bonchev–Trinajstić information content (AvgIpc) is 1.84. The number of carbonyl (C=O) groups excluding carboxylic acids is 1. The molecule has 0 aliphatic carbocycles. The Morgan fingerprint density at radius 3 is 2.58 bits per heavy atom. The van der Waals surface area contributed by atoms with E-state index in [9.17, 15) is 9.36 Å². The highest BCUT2D eigenvalue weighted by Gasteiger charge is 2.13. The van der Waals surface area contributed by atoms with Crippen LogP contribution in [-0.4, -0.2) is 35.6 Å². The summed E-state index contributed by atoms with van der Waals surface area (Å²) in [6.07, 6.45) is 0.0545. The molecule has 3 N–H and O–H groups in total. The van der Waals surface area contributed by atoms with Crippen LogP contribution in [0.5, 0.6) is 0 Å². The summed E-state index contributed by atoms with van der Waals surface area (Å²) in [7, 11) is -2.69. The zero-order chi connectivity index (χ0) is 9.61. The molecule has 1 amide bonds. The van der Waals surface area contributed by atoms with Crippen molar-refractivity contribution in [3.8, 4) is 0 Å². The van der Waals surface area contributed by atoms with Crippen molar-refractivity contribution in [2.45, 2.75) is 13.2 Å². The Bertz CT molecular complexity index is 192. The van der Waals surface area contributed by atoms with Crippen LogP contribution in [0.2, 0.25) is 6.32 Å². The Labute approximate surface area is 71.9 Å². The minimum absolute atomic E-state index is 0.0545. The lowest BCUT2D eigenvalue weighted by atomic mass is 9.77. The molecule has 1 radical (unpaired) electrons. The van der Waals surface area contributed by atoms with E-state index in [1.54, 1.807) is 6.92 Å². The molecule has 0 saturated carbocycles. The lowest BCUT2D eigenvalue weighted by molar-refractivity contribution is -0.118. The number of hydrogen-bond donors (Lipinski definition) is 3. The van der Waals surface area contributed by atoms with Crippen LogP contribution in [0.25, 0.3) is 0 Å². The van der Waals surface area contributed by atoms with Crippen molar-refractivity contribution in [2.75, 3.05) is 12.6 Å². The lowest BCUT2D eigenvalue weighted by Gasteiger charge is -2.02. The van der Waals surface area contributed by atoms with Gasteiger partial charge in [-0.05, 0) is 13.2 Å². The maximum atomic E-state index is 10.7. The summed E-state index contributed by atoms with van der Waals surface area (Å²) in [5, 5.41) is 2.51. The van der Waals surface area contributed by atoms with Gasteiger partial charge >= 0.3 is 7.60 Å². The van der Waals surface area contributed by atoms with Crippen molar-refractivity contribution in [1.82, 2.24) is 5.32 Å². The van der Waals surface area contributed by atoms with E-state index in [1.165, 1.54) is 7.28 Å². The summed E-state index contributed by atoms with van der Waals surface area (Å²) in [5.74, 6) is -0.217. The van der Waals surface area contributed by atoms with Crippen LogP contribution in [0.3, 0.4) is 0 Å². The van der Waals surface area contributed by atoms with Crippen molar-refractivity contribution < 1.29 is 19.1 Å². The predicted octanol–water partition coefficient (Wildman–Crippen LogP) is -0.620. The van der Waals surface area contributed by atoms with Gasteiger partial charge < -0.3 is 15.1 Å². The van der Waals surface area contributed by atoms with Crippen LogP contribution in [0, 0.1) is 0 Å². The Morgan fingerprint density at radius 1 is 1.58 bits per heavy atom. The number of hydrogen-bond acceptors (Lipinski definition) is 2. The summed E-state index contributed by atoms with van der Waals surface area (Å²) < 4.78 is 10.3. The molecule has 0 fully saturated rings. The molecule has 0 bridgehead atoms. The van der Waals surface area contributed by atoms with Crippen LogP contribution in [-0.2, 0) is 9.36 Å². The molecule has 0 unspecified atom stereocenters. The fourth-order valence-corrected chi connectivity index (χ4v) is 1.10. The molecule has 0 heterocycles. The number of carbonyl (C=O) groups is 1. The molecule has 0 aromatic heterocycles. The van der Waals surface area contributed by atoms with E-state index in [0.717, 1.165) is 0 Å². The molecule has 0 aromatic rings. The van der Waals surface area contributed by atoms with E-state index >= 15 is 0 Å². The van der Waals surface area contributed by atoms with Gasteiger partial charge in [0.25, 0.3) is 0 Å². The van der Waals surface area contributed by atoms with E-state index in [0.29, 0.717) is 6.54 Å². The molecule has 0 spiro atoms. The largest absolute Gasteiger partial charge is 0.357 e. The normalized spacial score (nSPS) is 10.9. The van der Waals surface area contributed by atoms with Crippen molar-refractivity contribution >= 4 is 20.8 Å². The van der Waals surface area contributed by atoms with Crippen molar-refractivity contribution in [2.24, 2.45) is 0 Å². The Morgan fingerprint density at radius 2 is 2.17 bits per heavy atom. The first-order valence-corrected chi connectivity index (χ1v) is 5.38. The average molecular weight is 192 g/mol. The van der Waals surface area contributed by atoms with E-state index in [1.807, 2.05) is 0 Å². The summed E-state index contributed by atoms with van der Waals surface area (Å²) >= 11 is 0. The molecule has 7 heteroatoms. The first kappa shape index (κ1) is 11.7. The minimum Gasteiger partial charge on any atom is -0.357 e. The van der Waals surface area contributed by atoms with Gasteiger partial charge in [0.1, 0.15) is 7.28 Å². The van der Waals surface area contributed by atoms with Gasteiger partial charge in [0, 0.05) is 12.6 Å². The zero-order valence-corrected chi connectivity index (χ0v) is 7.75. The first-order chi connectivity index (χ1) is 5.45. The number of amides is 1. The predicted molar refractivity (Wildman–Crippen MR) is 46.2 cm³/mol. The van der Waals surface area contributed by atoms with E-state index in [2.05, 4.69) is 5.32 Å². The molecule has 12 heavy (non-hydrogen) atoms. The topological polar surface area (TPSA) is 86.6 Å². The molecule has 0 aromatic carbocycles. The maximum absolute atomic E-state index is 10.7. The molecule has 0 saturated heterocycles. The third kappa shape index (κ3) is 7.79. The van der Waals surface area contributed by atoms with Gasteiger partial charge in [0.15, 0.2) is 0 Å². The van der Waals surface area contributed by atoms with E-state index in [4.69, 9.17) is 9.79 Å². The smallest absolute Gasteiger partial charge is 0.317 e. The summed E-state index contributed by atoms with van der Waals surface area (Å²) in [5.41, 5.74) is 0. The van der Waals surface area contributed by atoms with Crippen LogP contribution in [0.1, 0.15) is 6.92 Å². The van der Waals surface area contributed by atoms with Crippen LogP contribution < -0.4 is 5.32 Å². The Kier molecular flexibility index (Phi) is 5.21. The van der Waals surface area contributed by atoms with Crippen LogP contribution in [0.15, 0.2) is 0 Å². The molecule has 0 aliphatic rings. The Hall–Kier alpha value is -0.315. The standard InChI is InChI=1S/C5H12BNO4P/c1-2-7-5(8)3-6-4-12(9,10)11/h2-4H2,1H3,(H,7,8)(H2,9,10,11). The second-order valence-electron chi connectivity index (χ2n) is 2.29. The third-order valence-electron chi connectivity index (χ3n) is 1.07. The van der Waals surface area contributed by atoms with Crippen LogP contribution >= 0.6 is 7.60 Å². The molecular formula is C5H12BNO4P. The lowest BCUT2D eigenvalue weighted by Crippen LogP contribution is -2.24. The fourth-order valence-electron chi connectivity index (χ4n) is 0.633. The SMILES string of the molecule is CCNC(=O)C[B]CP(=O)(O)O. The van der Waals surface area contributed by atoms with Gasteiger partial charge in [-0.3, -0.25) is 9.36 Å². The van der Waals surface area contributed by atoms with Crippen LogP contribution in [0.4, 0.5) is 0 Å². The molecule has 0 atom stereocenters.